The van der Waals surface area contributed by atoms with Crippen molar-refractivity contribution in [2.45, 2.75) is 0 Å². The molecular formula is C16H16FN3O3. The molecule has 2 rings (SSSR count). The molecule has 120 valence electrons. The van der Waals surface area contributed by atoms with Crippen LogP contribution in [0.25, 0.3) is 0 Å². The molecule has 0 fully saturated rings. The minimum atomic E-state index is -0.606. The molecule has 2 aromatic carbocycles. The third-order valence-corrected chi connectivity index (χ3v) is 3.04. The van der Waals surface area contributed by atoms with Crippen molar-refractivity contribution in [3.8, 4) is 5.75 Å². The van der Waals surface area contributed by atoms with E-state index in [1.807, 2.05) is 0 Å². The van der Waals surface area contributed by atoms with Gasteiger partial charge in [-0.25, -0.2) is 9.18 Å². The number of carbonyl (C=O) groups excluding carboxylic acids is 2. The van der Waals surface area contributed by atoms with Gasteiger partial charge in [0.15, 0.2) is 11.6 Å². The first-order valence-corrected chi connectivity index (χ1v) is 6.77. The number of nitrogens with one attached hydrogen (secondary N) is 3. The predicted molar refractivity (Wildman–Crippen MR) is 85.4 cm³/mol. The van der Waals surface area contributed by atoms with Crippen LogP contribution in [0.5, 0.6) is 5.75 Å². The monoisotopic (exact) mass is 317 g/mol. The van der Waals surface area contributed by atoms with Crippen molar-refractivity contribution in [3.63, 3.8) is 0 Å². The van der Waals surface area contributed by atoms with Gasteiger partial charge in [-0.15, -0.1) is 0 Å². The molecule has 0 saturated heterocycles. The summed E-state index contributed by atoms with van der Waals surface area (Å²) in [5.74, 6) is -0.977. The first-order valence-electron chi connectivity index (χ1n) is 6.77. The average molecular weight is 317 g/mol. The maximum absolute atomic E-state index is 13.6. The SMILES string of the molecule is CNC(=O)Nc1ccc(NC(=O)c2ccc(OC)c(F)c2)cc1. The van der Waals surface area contributed by atoms with E-state index in [9.17, 15) is 14.0 Å². The summed E-state index contributed by atoms with van der Waals surface area (Å²) in [7, 11) is 2.87. The summed E-state index contributed by atoms with van der Waals surface area (Å²) in [6, 6.07) is 10.2. The molecule has 0 bridgehead atoms. The maximum atomic E-state index is 13.6. The zero-order chi connectivity index (χ0) is 16.8. The molecule has 0 atom stereocenters. The number of hydrogen-bond acceptors (Lipinski definition) is 3. The smallest absolute Gasteiger partial charge is 0.318 e. The molecule has 23 heavy (non-hydrogen) atoms. The highest BCUT2D eigenvalue weighted by Gasteiger charge is 2.10. The lowest BCUT2D eigenvalue weighted by molar-refractivity contribution is 0.102. The van der Waals surface area contributed by atoms with E-state index in [0.29, 0.717) is 11.4 Å². The topological polar surface area (TPSA) is 79.5 Å². The number of amides is 3. The lowest BCUT2D eigenvalue weighted by Gasteiger charge is -2.08. The van der Waals surface area contributed by atoms with Gasteiger partial charge in [-0.05, 0) is 42.5 Å². The molecule has 0 aliphatic heterocycles. The van der Waals surface area contributed by atoms with E-state index in [4.69, 9.17) is 4.74 Å². The number of rotatable bonds is 4. The van der Waals surface area contributed by atoms with Crippen LogP contribution >= 0.6 is 0 Å². The number of ether oxygens (including phenoxy) is 1. The molecule has 2 aromatic rings. The lowest BCUT2D eigenvalue weighted by atomic mass is 10.2. The summed E-state index contributed by atoms with van der Waals surface area (Å²) in [5, 5.41) is 7.67. The summed E-state index contributed by atoms with van der Waals surface area (Å²) < 4.78 is 18.4. The standard InChI is InChI=1S/C16H16FN3O3/c1-18-16(22)20-12-6-4-11(5-7-12)19-15(21)10-3-8-14(23-2)13(17)9-10/h3-9H,1-2H3,(H,19,21)(H2,18,20,22). The van der Waals surface area contributed by atoms with Crippen molar-refractivity contribution in [3.05, 3.63) is 53.8 Å². The lowest BCUT2D eigenvalue weighted by Crippen LogP contribution is -2.24. The van der Waals surface area contributed by atoms with Crippen molar-refractivity contribution < 1.29 is 18.7 Å². The molecule has 0 aliphatic rings. The quantitative estimate of drug-likeness (QED) is 0.811. The molecule has 0 saturated carbocycles. The van der Waals surface area contributed by atoms with Crippen molar-refractivity contribution >= 4 is 23.3 Å². The molecule has 7 heteroatoms. The van der Waals surface area contributed by atoms with Crippen LogP contribution < -0.4 is 20.7 Å². The Morgan fingerprint density at radius 2 is 1.61 bits per heavy atom. The van der Waals surface area contributed by atoms with E-state index in [2.05, 4.69) is 16.0 Å². The van der Waals surface area contributed by atoms with Gasteiger partial charge in [-0.1, -0.05) is 0 Å². The van der Waals surface area contributed by atoms with Crippen LogP contribution in [0.2, 0.25) is 0 Å². The van der Waals surface area contributed by atoms with E-state index in [1.165, 1.54) is 26.3 Å². The van der Waals surface area contributed by atoms with E-state index in [0.717, 1.165) is 6.07 Å². The Morgan fingerprint density at radius 3 is 2.13 bits per heavy atom. The molecule has 3 amide bonds. The van der Waals surface area contributed by atoms with Gasteiger partial charge in [0.2, 0.25) is 0 Å². The maximum Gasteiger partial charge on any atom is 0.318 e. The van der Waals surface area contributed by atoms with Crippen molar-refractivity contribution in [1.82, 2.24) is 5.32 Å². The second-order valence-corrected chi connectivity index (χ2v) is 4.58. The van der Waals surface area contributed by atoms with Gasteiger partial charge in [0.1, 0.15) is 0 Å². The Morgan fingerprint density at radius 1 is 1.00 bits per heavy atom. The molecule has 6 nitrogen and oxygen atoms in total. The summed E-state index contributed by atoms with van der Waals surface area (Å²) >= 11 is 0. The molecule has 0 radical (unpaired) electrons. The van der Waals surface area contributed by atoms with Crippen LogP contribution in [0.1, 0.15) is 10.4 Å². The number of hydrogen-bond donors (Lipinski definition) is 3. The number of urea groups is 1. The Bertz CT molecular complexity index is 717. The van der Waals surface area contributed by atoms with E-state index in [1.54, 1.807) is 24.3 Å². The Hall–Kier alpha value is -3.09. The average Bonchev–Trinajstić information content (AvgIpc) is 2.56. The highest BCUT2D eigenvalue weighted by Crippen LogP contribution is 2.19. The third kappa shape index (κ3) is 4.19. The van der Waals surface area contributed by atoms with E-state index >= 15 is 0 Å². The number of carbonyl (C=O) groups is 2. The second kappa shape index (κ2) is 7.26. The zero-order valence-electron chi connectivity index (χ0n) is 12.6. The first kappa shape index (κ1) is 16.3. The van der Waals surface area contributed by atoms with Crippen LogP contribution in [-0.2, 0) is 0 Å². The van der Waals surface area contributed by atoms with Crippen LogP contribution in [0.15, 0.2) is 42.5 Å². The number of halogens is 1. The zero-order valence-corrected chi connectivity index (χ0v) is 12.6. The van der Waals surface area contributed by atoms with Gasteiger partial charge in [0.05, 0.1) is 7.11 Å². The molecule has 0 aromatic heterocycles. The minimum absolute atomic E-state index is 0.0752. The number of anilines is 2. The fourth-order valence-electron chi connectivity index (χ4n) is 1.84. The fourth-order valence-corrected chi connectivity index (χ4v) is 1.84. The largest absolute Gasteiger partial charge is 0.494 e. The van der Waals surface area contributed by atoms with Gasteiger partial charge >= 0.3 is 6.03 Å². The van der Waals surface area contributed by atoms with E-state index in [-0.39, 0.29) is 17.3 Å². The number of methoxy groups -OCH3 is 1. The Kier molecular flexibility index (Phi) is 5.14. The van der Waals surface area contributed by atoms with Gasteiger partial charge < -0.3 is 20.7 Å². The molecule has 0 heterocycles. The Labute approximate surface area is 132 Å². The predicted octanol–water partition coefficient (Wildman–Crippen LogP) is 2.84. The fraction of sp³-hybridized carbons (Fsp3) is 0.125. The van der Waals surface area contributed by atoms with Crippen molar-refractivity contribution in [2.75, 3.05) is 24.8 Å². The van der Waals surface area contributed by atoms with Crippen LogP contribution in [-0.4, -0.2) is 26.1 Å². The molecule has 3 N–H and O–H groups in total. The normalized spacial score (nSPS) is 9.87. The Balaban J connectivity index is 2.05. The minimum Gasteiger partial charge on any atom is -0.494 e. The van der Waals surface area contributed by atoms with Crippen LogP contribution in [0.4, 0.5) is 20.6 Å². The summed E-state index contributed by atoms with van der Waals surface area (Å²) in [5.41, 5.74) is 1.28. The summed E-state index contributed by atoms with van der Waals surface area (Å²) in [4.78, 5) is 23.3. The molecule has 0 spiro atoms. The highest BCUT2D eigenvalue weighted by atomic mass is 19.1. The van der Waals surface area contributed by atoms with Crippen LogP contribution in [0, 0.1) is 5.82 Å². The number of benzene rings is 2. The first-order chi connectivity index (χ1) is 11.0. The molecular weight excluding hydrogens is 301 g/mol. The van der Waals surface area contributed by atoms with Crippen LogP contribution in [0.3, 0.4) is 0 Å². The van der Waals surface area contributed by atoms with Crippen molar-refractivity contribution in [2.24, 2.45) is 0 Å². The van der Waals surface area contributed by atoms with Gasteiger partial charge in [-0.3, -0.25) is 4.79 Å². The van der Waals surface area contributed by atoms with E-state index < -0.39 is 11.7 Å². The van der Waals surface area contributed by atoms with Gasteiger partial charge in [0.25, 0.3) is 5.91 Å². The highest BCUT2D eigenvalue weighted by molar-refractivity contribution is 6.04. The van der Waals surface area contributed by atoms with Gasteiger partial charge in [0, 0.05) is 24.0 Å². The summed E-state index contributed by atoms with van der Waals surface area (Å²) in [6.45, 7) is 0. The second-order valence-electron chi connectivity index (χ2n) is 4.58. The molecule has 0 aliphatic carbocycles. The van der Waals surface area contributed by atoms with Gasteiger partial charge in [-0.2, -0.15) is 0 Å². The third-order valence-electron chi connectivity index (χ3n) is 3.04. The molecule has 0 unspecified atom stereocenters. The van der Waals surface area contributed by atoms with Crippen molar-refractivity contribution in [1.29, 1.82) is 0 Å². The summed E-state index contributed by atoms with van der Waals surface area (Å²) in [6.07, 6.45) is 0.